The van der Waals surface area contributed by atoms with Crippen LogP contribution in [0.15, 0.2) is 42.6 Å². The van der Waals surface area contributed by atoms with Crippen LogP contribution in [0.1, 0.15) is 130 Å². The van der Waals surface area contributed by atoms with Gasteiger partial charge in [0.15, 0.2) is 0 Å². The van der Waals surface area contributed by atoms with Gasteiger partial charge in [0.2, 0.25) is 5.91 Å². The summed E-state index contributed by atoms with van der Waals surface area (Å²) in [6.45, 7) is 20.2. The Morgan fingerprint density at radius 3 is 2.41 bits per heavy atom. The first-order chi connectivity index (χ1) is 23.2. The van der Waals surface area contributed by atoms with Crippen molar-refractivity contribution in [3.8, 4) is 11.3 Å². The highest BCUT2D eigenvalue weighted by Crippen LogP contribution is 2.77. The van der Waals surface area contributed by atoms with E-state index in [1.807, 2.05) is 6.20 Å². The molecule has 266 valence electrons. The Bertz CT molecular complexity index is 1630. The summed E-state index contributed by atoms with van der Waals surface area (Å²) in [5.74, 6) is 3.40. The van der Waals surface area contributed by atoms with E-state index in [0.717, 1.165) is 75.0 Å². The average molecular weight is 670 g/mol. The fourth-order valence-corrected chi connectivity index (χ4v) is 14.4. The number of likely N-dealkylation sites (tertiary alicyclic amines) is 1. The van der Waals surface area contributed by atoms with Crippen LogP contribution in [0.25, 0.3) is 11.3 Å². The van der Waals surface area contributed by atoms with Crippen LogP contribution < -0.4 is 0 Å². The summed E-state index contributed by atoms with van der Waals surface area (Å²) in [5.41, 5.74) is 3.29. The molecule has 1 unspecified atom stereocenters. The Morgan fingerprint density at radius 2 is 1.67 bits per heavy atom. The van der Waals surface area contributed by atoms with Crippen LogP contribution in [0.3, 0.4) is 0 Å². The normalized spacial score (nSPS) is 44.1. The van der Waals surface area contributed by atoms with Gasteiger partial charge in [0.1, 0.15) is 11.6 Å². The minimum Gasteiger partial charge on any atom is -0.393 e. The largest absolute Gasteiger partial charge is 0.393 e. The van der Waals surface area contributed by atoms with Crippen molar-refractivity contribution in [1.29, 1.82) is 0 Å². The van der Waals surface area contributed by atoms with Gasteiger partial charge < -0.3 is 15.0 Å². The van der Waals surface area contributed by atoms with Crippen molar-refractivity contribution in [1.82, 2.24) is 14.9 Å². The molecule has 0 spiro atoms. The fraction of sp³-hybridized carbons (Fsp3) is 0.721. The minimum atomic E-state index is -0.343. The van der Waals surface area contributed by atoms with Gasteiger partial charge in [-0.1, -0.05) is 46.8 Å². The first-order valence-corrected chi connectivity index (χ1v) is 19.6. The Labute approximate surface area is 293 Å². The molecule has 2 N–H and O–H groups in total. The van der Waals surface area contributed by atoms with Crippen LogP contribution in [-0.2, 0) is 4.79 Å². The average Bonchev–Trinajstić information content (AvgIpc) is 3.82. The lowest BCUT2D eigenvalue weighted by Crippen LogP contribution is -2.67. The number of hydrogen-bond acceptors (Lipinski definition) is 3. The number of benzene rings is 1. The van der Waals surface area contributed by atoms with Crippen LogP contribution in [0, 0.1) is 62.5 Å². The zero-order chi connectivity index (χ0) is 34.7. The maximum atomic E-state index is 15.3. The summed E-state index contributed by atoms with van der Waals surface area (Å²) in [5, 5.41) is 11.1. The topological polar surface area (TPSA) is 69.2 Å². The van der Waals surface area contributed by atoms with E-state index in [-0.39, 0.29) is 45.0 Å². The highest BCUT2D eigenvalue weighted by molar-refractivity contribution is 5.84. The van der Waals surface area contributed by atoms with Gasteiger partial charge >= 0.3 is 0 Å². The third-order valence-electron chi connectivity index (χ3n) is 17.1. The van der Waals surface area contributed by atoms with Crippen molar-refractivity contribution in [2.45, 2.75) is 131 Å². The lowest BCUT2D eigenvalue weighted by Gasteiger charge is -2.73. The van der Waals surface area contributed by atoms with E-state index in [9.17, 15) is 9.50 Å². The zero-order valence-electron chi connectivity index (χ0n) is 31.0. The van der Waals surface area contributed by atoms with Crippen molar-refractivity contribution in [3.05, 3.63) is 54.3 Å². The number of carbonyl (C=O) groups is 1. The first kappa shape index (κ1) is 33.7. The molecule has 8 rings (SSSR count). The number of nitrogens with one attached hydrogen (secondary N) is 1. The molecule has 6 aliphatic rings. The van der Waals surface area contributed by atoms with Crippen LogP contribution in [-0.4, -0.2) is 38.5 Å². The molecule has 1 aliphatic heterocycles. The zero-order valence-corrected chi connectivity index (χ0v) is 31.0. The first-order valence-electron chi connectivity index (χ1n) is 19.6. The van der Waals surface area contributed by atoms with E-state index < -0.39 is 0 Å². The number of aliphatic hydroxyl groups excluding tert-OH is 1. The van der Waals surface area contributed by atoms with Crippen molar-refractivity contribution in [2.24, 2.45) is 56.7 Å². The fourth-order valence-electron chi connectivity index (χ4n) is 14.4. The number of allylic oxidation sites excluding steroid dienone is 1. The molecule has 1 aromatic heterocycles. The third kappa shape index (κ3) is 4.56. The molecule has 2 aromatic rings. The monoisotopic (exact) mass is 669 g/mol. The molecule has 2 heterocycles. The molecule has 1 saturated heterocycles. The minimum absolute atomic E-state index is 0.0449. The lowest BCUT2D eigenvalue weighted by atomic mass is 9.32. The molecule has 0 radical (unpaired) electrons. The second kappa shape index (κ2) is 11.3. The van der Waals surface area contributed by atoms with Gasteiger partial charge in [-0.05, 0) is 165 Å². The number of rotatable bonds is 4. The number of fused-ring (bicyclic) bond motifs is 7. The van der Waals surface area contributed by atoms with Gasteiger partial charge in [0.25, 0.3) is 0 Å². The van der Waals surface area contributed by atoms with Gasteiger partial charge in [0, 0.05) is 6.54 Å². The number of hydrogen-bond donors (Lipinski definition) is 2. The molecule has 6 heteroatoms. The number of nitrogens with zero attached hydrogens (tertiary/aromatic N) is 2. The molecule has 5 aliphatic carbocycles. The van der Waals surface area contributed by atoms with Crippen molar-refractivity contribution in [2.75, 3.05) is 6.54 Å². The molecule has 11 atom stereocenters. The van der Waals surface area contributed by atoms with E-state index in [0.29, 0.717) is 35.5 Å². The molecule has 0 bridgehead atoms. The standard InChI is InChI=1S/C43H60FN3O2/c1-26(2)29-16-21-43(38(49)47-24-8-9-32(47)37-45-25-31(46-37)27-10-12-28(44)13-11-27)23-22-41(6)30(36(29)43)14-15-34-40(5)19-18-35(48)39(3,4)33(40)17-20-42(34,41)7/h10-13,25,29-30,32-36,48H,1,8-9,14-24H2,2-7H3,(H,45,46)/t29-,30+,32-,33-,34+,35-,36?,40-,41+,42+,43-/m0/s1. The lowest BCUT2D eigenvalue weighted by molar-refractivity contribution is -0.247. The number of H-pyrrole nitrogens is 1. The SMILES string of the molecule is C=C(C)[C@@H]1CC[C@]2(C(=O)N3CCC[C@H]3c3ncc(-c4ccc(F)cc4)[nH]3)CC[C@]3(C)[C@H](CC[C@@H]4[C@@]5(C)CC[C@H](O)C(C)(C)[C@@H]5CC[C@]43C)C12. The summed E-state index contributed by atoms with van der Waals surface area (Å²) in [6.07, 6.45) is 14.6. The summed E-state index contributed by atoms with van der Waals surface area (Å²) in [4.78, 5) is 25.9. The van der Waals surface area contributed by atoms with Gasteiger partial charge in [-0.2, -0.15) is 0 Å². The predicted molar refractivity (Wildman–Crippen MR) is 193 cm³/mol. The van der Waals surface area contributed by atoms with E-state index >= 15 is 4.79 Å². The van der Waals surface area contributed by atoms with Crippen LogP contribution in [0.4, 0.5) is 4.39 Å². The van der Waals surface area contributed by atoms with E-state index in [4.69, 9.17) is 4.98 Å². The van der Waals surface area contributed by atoms with Crippen LogP contribution >= 0.6 is 0 Å². The second-order valence-electron chi connectivity index (χ2n) is 19.1. The van der Waals surface area contributed by atoms with Crippen molar-refractivity contribution >= 4 is 5.91 Å². The van der Waals surface area contributed by atoms with Gasteiger partial charge in [-0.3, -0.25) is 4.79 Å². The molecule has 49 heavy (non-hydrogen) atoms. The molecule has 5 nitrogen and oxygen atoms in total. The number of aromatic amines is 1. The van der Waals surface area contributed by atoms with E-state index in [1.54, 1.807) is 12.1 Å². The van der Waals surface area contributed by atoms with Crippen LogP contribution in [0.5, 0.6) is 0 Å². The molecule has 1 aromatic carbocycles. The highest BCUT2D eigenvalue weighted by Gasteiger charge is 2.72. The van der Waals surface area contributed by atoms with Gasteiger partial charge in [-0.25, -0.2) is 9.37 Å². The van der Waals surface area contributed by atoms with Crippen LogP contribution in [0.2, 0.25) is 0 Å². The third-order valence-corrected chi connectivity index (χ3v) is 17.1. The highest BCUT2D eigenvalue weighted by atomic mass is 19.1. The second-order valence-corrected chi connectivity index (χ2v) is 19.1. The smallest absolute Gasteiger partial charge is 0.229 e. The Kier molecular flexibility index (Phi) is 7.74. The van der Waals surface area contributed by atoms with Crippen molar-refractivity contribution < 1.29 is 14.3 Å². The summed E-state index contributed by atoms with van der Waals surface area (Å²) < 4.78 is 13.6. The molecular formula is C43H60FN3O2. The van der Waals surface area contributed by atoms with E-state index in [1.165, 1.54) is 43.4 Å². The maximum Gasteiger partial charge on any atom is 0.229 e. The number of amides is 1. The number of carbonyl (C=O) groups excluding carboxylic acids is 1. The number of aliphatic hydroxyl groups is 1. The number of aromatic nitrogens is 2. The summed E-state index contributed by atoms with van der Waals surface area (Å²) in [7, 11) is 0. The van der Waals surface area contributed by atoms with Gasteiger partial charge in [-0.15, -0.1) is 0 Å². The Hall–Kier alpha value is -2.47. The molecular weight excluding hydrogens is 609 g/mol. The molecule has 5 saturated carbocycles. The van der Waals surface area contributed by atoms with Gasteiger partial charge in [0.05, 0.1) is 29.5 Å². The Balaban J connectivity index is 1.12. The molecule has 6 fully saturated rings. The number of halogens is 1. The molecule has 1 amide bonds. The number of imidazole rings is 1. The maximum absolute atomic E-state index is 15.3. The quantitative estimate of drug-likeness (QED) is 0.319. The predicted octanol–water partition coefficient (Wildman–Crippen LogP) is 9.90. The van der Waals surface area contributed by atoms with Crippen molar-refractivity contribution in [3.63, 3.8) is 0 Å². The summed E-state index contributed by atoms with van der Waals surface area (Å²) in [6, 6.07) is 6.47. The Morgan fingerprint density at radius 1 is 0.918 bits per heavy atom. The summed E-state index contributed by atoms with van der Waals surface area (Å²) >= 11 is 0. The van der Waals surface area contributed by atoms with E-state index in [2.05, 4.69) is 58.0 Å².